The minimum atomic E-state index is 0.688. The molecule has 2 heterocycles. The summed E-state index contributed by atoms with van der Waals surface area (Å²) in [6.07, 6.45) is 2.25. The maximum absolute atomic E-state index is 6.38. The zero-order valence-electron chi connectivity index (χ0n) is 12.8. The van der Waals surface area contributed by atoms with Gasteiger partial charge in [-0.3, -0.25) is 0 Å². The summed E-state index contributed by atoms with van der Waals surface area (Å²) in [4.78, 5) is 4.82. The average molecular weight is 269 g/mol. The van der Waals surface area contributed by atoms with Gasteiger partial charge < -0.3 is 10.3 Å². The van der Waals surface area contributed by atoms with Gasteiger partial charge in [0.2, 0.25) is 0 Å². The highest BCUT2D eigenvalue weighted by Gasteiger charge is 2.22. The number of anilines is 1. The fourth-order valence-electron chi connectivity index (χ4n) is 3.10. The van der Waals surface area contributed by atoms with Gasteiger partial charge in [-0.15, -0.1) is 0 Å². The van der Waals surface area contributed by atoms with E-state index in [1.807, 2.05) is 0 Å². The molecule has 0 spiro atoms. The van der Waals surface area contributed by atoms with Crippen molar-refractivity contribution in [1.82, 2.24) is 9.55 Å². The van der Waals surface area contributed by atoms with E-state index in [9.17, 15) is 0 Å². The molecule has 0 amide bonds. The van der Waals surface area contributed by atoms with Gasteiger partial charge >= 0.3 is 0 Å². The molecular formula is C17H23N3. The Bertz CT molecular complexity index is 667. The first-order valence-corrected chi connectivity index (χ1v) is 7.40. The van der Waals surface area contributed by atoms with Crippen molar-refractivity contribution in [2.75, 3.05) is 5.73 Å². The lowest BCUT2D eigenvalue weighted by Crippen LogP contribution is -2.19. The third-order valence-electron chi connectivity index (χ3n) is 4.54. The van der Waals surface area contributed by atoms with Crippen molar-refractivity contribution in [3.63, 3.8) is 0 Å². The summed E-state index contributed by atoms with van der Waals surface area (Å²) >= 11 is 0. The van der Waals surface area contributed by atoms with Crippen LogP contribution in [0.3, 0.4) is 0 Å². The highest BCUT2D eigenvalue weighted by molar-refractivity contribution is 5.74. The third kappa shape index (κ3) is 2.01. The summed E-state index contributed by atoms with van der Waals surface area (Å²) in [6.45, 7) is 9.71. The molecule has 0 saturated carbocycles. The second-order valence-corrected chi connectivity index (χ2v) is 6.27. The number of hydrogen-bond acceptors (Lipinski definition) is 2. The van der Waals surface area contributed by atoms with Gasteiger partial charge in [0, 0.05) is 18.5 Å². The molecule has 106 valence electrons. The third-order valence-corrected chi connectivity index (χ3v) is 4.54. The van der Waals surface area contributed by atoms with E-state index in [4.69, 9.17) is 10.7 Å². The van der Waals surface area contributed by atoms with E-state index in [2.05, 4.69) is 44.4 Å². The van der Waals surface area contributed by atoms with Crippen LogP contribution < -0.4 is 5.73 Å². The van der Waals surface area contributed by atoms with Gasteiger partial charge in [-0.1, -0.05) is 13.0 Å². The van der Waals surface area contributed by atoms with Crippen LogP contribution in [-0.2, 0) is 13.0 Å². The highest BCUT2D eigenvalue weighted by atomic mass is 15.1. The molecule has 0 aliphatic carbocycles. The molecule has 0 radical (unpaired) electrons. The molecule has 2 N–H and O–H groups in total. The quantitative estimate of drug-likeness (QED) is 0.859. The zero-order chi connectivity index (χ0) is 14.4. The van der Waals surface area contributed by atoms with Crippen molar-refractivity contribution in [1.29, 1.82) is 0 Å². The fraction of sp³-hybridized carbons (Fsp3) is 0.471. The minimum absolute atomic E-state index is 0.688. The molecule has 1 aliphatic heterocycles. The van der Waals surface area contributed by atoms with Crippen molar-refractivity contribution >= 4 is 5.82 Å². The van der Waals surface area contributed by atoms with E-state index in [1.165, 1.54) is 28.7 Å². The Morgan fingerprint density at radius 2 is 1.85 bits per heavy atom. The van der Waals surface area contributed by atoms with Crippen LogP contribution in [0.1, 0.15) is 35.9 Å². The first kappa shape index (κ1) is 13.2. The topological polar surface area (TPSA) is 43.8 Å². The van der Waals surface area contributed by atoms with E-state index < -0.39 is 0 Å². The molecule has 2 aromatic rings. The molecule has 0 bridgehead atoms. The van der Waals surface area contributed by atoms with Crippen LogP contribution in [0, 0.1) is 26.7 Å². The SMILES string of the molecule is Cc1cc(C)c(-c2nc3n(c2N)CC(C)CC3)cc1C. The van der Waals surface area contributed by atoms with Crippen molar-refractivity contribution in [3.05, 3.63) is 34.6 Å². The van der Waals surface area contributed by atoms with Gasteiger partial charge in [0.25, 0.3) is 0 Å². The van der Waals surface area contributed by atoms with Crippen LogP contribution in [0.4, 0.5) is 5.82 Å². The normalized spacial score (nSPS) is 18.1. The lowest BCUT2D eigenvalue weighted by molar-refractivity contribution is 0.397. The maximum Gasteiger partial charge on any atom is 0.131 e. The second kappa shape index (κ2) is 4.65. The minimum Gasteiger partial charge on any atom is -0.383 e. The second-order valence-electron chi connectivity index (χ2n) is 6.27. The van der Waals surface area contributed by atoms with Gasteiger partial charge in [0.15, 0.2) is 0 Å². The van der Waals surface area contributed by atoms with Crippen LogP contribution in [0.15, 0.2) is 12.1 Å². The Balaban J connectivity index is 2.14. The Labute approximate surface area is 120 Å². The summed E-state index contributed by atoms with van der Waals surface area (Å²) in [7, 11) is 0. The van der Waals surface area contributed by atoms with Gasteiger partial charge in [-0.25, -0.2) is 4.98 Å². The van der Waals surface area contributed by atoms with Crippen LogP contribution in [0.2, 0.25) is 0 Å². The van der Waals surface area contributed by atoms with Crippen molar-refractivity contribution in [2.24, 2.45) is 5.92 Å². The highest BCUT2D eigenvalue weighted by Crippen LogP contribution is 2.33. The number of nitrogen functional groups attached to an aromatic ring is 1. The predicted octanol–water partition coefficient (Wildman–Crippen LogP) is 3.64. The molecule has 3 heteroatoms. The monoisotopic (exact) mass is 269 g/mol. The number of aromatic nitrogens is 2. The zero-order valence-corrected chi connectivity index (χ0v) is 12.8. The van der Waals surface area contributed by atoms with Crippen molar-refractivity contribution in [3.8, 4) is 11.3 Å². The lowest BCUT2D eigenvalue weighted by atomic mass is 9.99. The summed E-state index contributed by atoms with van der Waals surface area (Å²) in [5.74, 6) is 2.67. The molecule has 0 saturated heterocycles. The smallest absolute Gasteiger partial charge is 0.131 e. The van der Waals surface area contributed by atoms with Gasteiger partial charge in [-0.05, 0) is 55.9 Å². The summed E-state index contributed by atoms with van der Waals surface area (Å²) < 4.78 is 2.21. The standard InChI is InChI=1S/C17H23N3/c1-10-5-6-15-19-16(17(18)20(15)9-10)14-8-12(3)11(2)7-13(14)4/h7-8,10H,5-6,9,18H2,1-4H3. The van der Waals surface area contributed by atoms with E-state index in [0.29, 0.717) is 5.92 Å². The van der Waals surface area contributed by atoms with Crippen LogP contribution in [-0.4, -0.2) is 9.55 Å². The number of imidazole rings is 1. The van der Waals surface area contributed by atoms with Gasteiger partial charge in [-0.2, -0.15) is 0 Å². The molecule has 3 nitrogen and oxygen atoms in total. The first-order valence-electron chi connectivity index (χ1n) is 7.40. The van der Waals surface area contributed by atoms with E-state index in [1.54, 1.807) is 0 Å². The maximum atomic E-state index is 6.38. The van der Waals surface area contributed by atoms with Crippen LogP contribution in [0.25, 0.3) is 11.3 Å². The van der Waals surface area contributed by atoms with E-state index >= 15 is 0 Å². The number of fused-ring (bicyclic) bond motifs is 1. The number of nitrogens with two attached hydrogens (primary N) is 1. The lowest BCUT2D eigenvalue weighted by Gasteiger charge is -2.20. The van der Waals surface area contributed by atoms with Gasteiger partial charge in [0.1, 0.15) is 17.3 Å². The molecule has 0 fully saturated rings. The molecular weight excluding hydrogens is 246 g/mol. The summed E-state index contributed by atoms with van der Waals surface area (Å²) in [6, 6.07) is 4.45. The molecule has 1 aliphatic rings. The van der Waals surface area contributed by atoms with E-state index in [-0.39, 0.29) is 0 Å². The van der Waals surface area contributed by atoms with Gasteiger partial charge in [0.05, 0.1) is 0 Å². The largest absolute Gasteiger partial charge is 0.383 e. The van der Waals surface area contributed by atoms with Crippen molar-refractivity contribution in [2.45, 2.75) is 47.1 Å². The number of nitrogens with zero attached hydrogens (tertiary/aromatic N) is 2. The Hall–Kier alpha value is -1.77. The molecule has 1 unspecified atom stereocenters. The summed E-state index contributed by atoms with van der Waals surface area (Å²) in [5, 5.41) is 0. The Morgan fingerprint density at radius 3 is 2.60 bits per heavy atom. The number of rotatable bonds is 1. The van der Waals surface area contributed by atoms with E-state index in [0.717, 1.165) is 30.3 Å². The van der Waals surface area contributed by atoms with Crippen molar-refractivity contribution < 1.29 is 0 Å². The van der Waals surface area contributed by atoms with Crippen LogP contribution in [0.5, 0.6) is 0 Å². The number of hydrogen-bond donors (Lipinski definition) is 1. The number of aryl methyl sites for hydroxylation is 4. The molecule has 1 aromatic heterocycles. The Kier molecular flexibility index (Phi) is 3.08. The Morgan fingerprint density at radius 1 is 1.15 bits per heavy atom. The number of benzene rings is 1. The molecule has 1 atom stereocenters. The van der Waals surface area contributed by atoms with Crippen LogP contribution >= 0.6 is 0 Å². The molecule has 20 heavy (non-hydrogen) atoms. The summed E-state index contributed by atoms with van der Waals surface area (Å²) in [5.41, 5.74) is 12.4. The fourth-order valence-corrected chi connectivity index (χ4v) is 3.10. The molecule has 1 aromatic carbocycles. The average Bonchev–Trinajstić information content (AvgIpc) is 2.71. The predicted molar refractivity (Wildman–Crippen MR) is 83.8 cm³/mol. The molecule has 3 rings (SSSR count). The first-order chi connectivity index (χ1) is 9.47.